The average molecular weight is 337 g/mol. The van der Waals surface area contributed by atoms with E-state index in [1.165, 1.54) is 4.90 Å². The number of likely N-dealkylation sites (tertiary alicyclic amines) is 1. The van der Waals surface area contributed by atoms with Crippen LogP contribution in [0, 0.1) is 5.92 Å². The minimum atomic E-state index is -4.53. The average Bonchev–Trinajstić information content (AvgIpc) is 2.78. The molecule has 1 atom stereocenters. The minimum Gasteiger partial charge on any atom is -0.465 e. The highest BCUT2D eigenvalue weighted by Gasteiger charge is 2.35. The fourth-order valence-electron chi connectivity index (χ4n) is 2.24. The second kappa shape index (κ2) is 9.25. The summed E-state index contributed by atoms with van der Waals surface area (Å²) in [5, 5.41) is 0. The molecule has 2 N–H and O–H groups in total. The molecule has 1 aliphatic heterocycles. The zero-order valence-corrected chi connectivity index (χ0v) is 13.7. The van der Waals surface area contributed by atoms with Crippen LogP contribution in [0.4, 0.5) is 0 Å². The number of esters is 1. The Kier molecular flexibility index (Phi) is 8.03. The van der Waals surface area contributed by atoms with Crippen molar-refractivity contribution in [2.75, 3.05) is 26.3 Å². The molecule has 0 spiro atoms. The van der Waals surface area contributed by atoms with Gasteiger partial charge in [0.1, 0.15) is 0 Å². The van der Waals surface area contributed by atoms with Gasteiger partial charge in [-0.2, -0.15) is 0 Å². The predicted octanol–water partition coefficient (Wildman–Crippen LogP) is 1.07. The summed E-state index contributed by atoms with van der Waals surface area (Å²) in [5.74, 6) is -1.13. The van der Waals surface area contributed by atoms with Gasteiger partial charge >= 0.3 is 13.8 Å². The molecule has 1 aliphatic rings. The molecule has 0 radical (unpaired) electrons. The lowest BCUT2D eigenvalue weighted by molar-refractivity contribution is -0.148. The van der Waals surface area contributed by atoms with Gasteiger partial charge in [0.2, 0.25) is 5.91 Å². The van der Waals surface area contributed by atoms with E-state index in [-0.39, 0.29) is 38.0 Å². The number of unbranched alkanes of at least 4 members (excludes halogenated alkanes) is 3. The minimum absolute atomic E-state index is 0.0459. The molecule has 0 aliphatic carbocycles. The lowest BCUT2D eigenvalue weighted by Crippen LogP contribution is -2.30. The zero-order valence-electron chi connectivity index (χ0n) is 12.8. The second-order valence-electron chi connectivity index (χ2n) is 5.29. The largest absolute Gasteiger partial charge is 0.469 e. The van der Waals surface area contributed by atoms with Crippen molar-refractivity contribution < 1.29 is 33.2 Å². The number of nitrogens with zero attached hydrogens (tertiary/aromatic N) is 1. The highest BCUT2D eigenvalue weighted by Crippen LogP contribution is 2.35. The Hall–Kier alpha value is -0.950. The SMILES string of the molecule is CCCCCCOC(=O)C1CC(=O)N(CCOP(=O)(O)O)C1. The Morgan fingerprint density at radius 2 is 2.05 bits per heavy atom. The second-order valence-corrected chi connectivity index (χ2v) is 6.53. The van der Waals surface area contributed by atoms with E-state index in [1.807, 2.05) is 0 Å². The maximum atomic E-state index is 11.8. The van der Waals surface area contributed by atoms with Crippen LogP contribution in [0.5, 0.6) is 0 Å². The summed E-state index contributed by atoms with van der Waals surface area (Å²) in [5.41, 5.74) is 0. The van der Waals surface area contributed by atoms with Crippen molar-refractivity contribution in [1.82, 2.24) is 4.90 Å². The summed E-state index contributed by atoms with van der Waals surface area (Å²) in [6.07, 6.45) is 4.12. The van der Waals surface area contributed by atoms with Crippen molar-refractivity contribution in [2.24, 2.45) is 5.92 Å². The van der Waals surface area contributed by atoms with Crippen molar-refractivity contribution in [1.29, 1.82) is 0 Å². The van der Waals surface area contributed by atoms with Gasteiger partial charge in [0, 0.05) is 19.5 Å². The molecule has 1 heterocycles. The van der Waals surface area contributed by atoms with Crippen LogP contribution in [0.25, 0.3) is 0 Å². The first kappa shape index (κ1) is 19.1. The number of phosphoric ester groups is 1. The van der Waals surface area contributed by atoms with Gasteiger partial charge in [0.15, 0.2) is 0 Å². The van der Waals surface area contributed by atoms with E-state index >= 15 is 0 Å². The van der Waals surface area contributed by atoms with Crippen LogP contribution in [0.3, 0.4) is 0 Å². The number of hydrogen-bond acceptors (Lipinski definition) is 5. The molecule has 128 valence electrons. The molecule has 1 saturated heterocycles. The van der Waals surface area contributed by atoms with Gasteiger partial charge in [-0.15, -0.1) is 0 Å². The fraction of sp³-hybridized carbons (Fsp3) is 0.846. The molecule has 9 heteroatoms. The first-order chi connectivity index (χ1) is 10.3. The number of carbonyl (C=O) groups is 2. The number of hydrogen-bond donors (Lipinski definition) is 2. The van der Waals surface area contributed by atoms with E-state index in [0.717, 1.165) is 25.7 Å². The Morgan fingerprint density at radius 1 is 1.32 bits per heavy atom. The van der Waals surface area contributed by atoms with Crippen LogP contribution < -0.4 is 0 Å². The number of phosphoric acid groups is 1. The molecule has 1 fully saturated rings. The molecule has 1 rings (SSSR count). The Labute approximate surface area is 130 Å². The van der Waals surface area contributed by atoms with Crippen molar-refractivity contribution >= 4 is 19.7 Å². The Morgan fingerprint density at radius 3 is 2.68 bits per heavy atom. The molecule has 22 heavy (non-hydrogen) atoms. The van der Waals surface area contributed by atoms with Gasteiger partial charge in [-0.05, 0) is 6.42 Å². The van der Waals surface area contributed by atoms with E-state index in [2.05, 4.69) is 11.4 Å². The van der Waals surface area contributed by atoms with Crippen LogP contribution in [-0.2, 0) is 23.4 Å². The number of ether oxygens (including phenoxy) is 1. The molecule has 0 aromatic rings. The van der Waals surface area contributed by atoms with Gasteiger partial charge in [-0.3, -0.25) is 14.1 Å². The topological polar surface area (TPSA) is 113 Å². The van der Waals surface area contributed by atoms with Crippen molar-refractivity contribution in [3.63, 3.8) is 0 Å². The highest BCUT2D eigenvalue weighted by molar-refractivity contribution is 7.46. The van der Waals surface area contributed by atoms with Crippen LogP contribution >= 0.6 is 7.82 Å². The molecular weight excluding hydrogens is 313 g/mol. The van der Waals surface area contributed by atoms with Crippen molar-refractivity contribution in [3.05, 3.63) is 0 Å². The first-order valence-electron chi connectivity index (χ1n) is 7.48. The first-order valence-corrected chi connectivity index (χ1v) is 9.01. The fourth-order valence-corrected chi connectivity index (χ4v) is 2.56. The summed E-state index contributed by atoms with van der Waals surface area (Å²) in [4.78, 5) is 42.1. The smallest absolute Gasteiger partial charge is 0.465 e. The van der Waals surface area contributed by atoms with Crippen LogP contribution in [0.1, 0.15) is 39.0 Å². The molecule has 0 aromatic heterocycles. The summed E-state index contributed by atoms with van der Waals surface area (Å²) in [6, 6.07) is 0. The van der Waals surface area contributed by atoms with Crippen LogP contribution in [0.2, 0.25) is 0 Å². The molecule has 0 saturated carbocycles. The lowest BCUT2D eigenvalue weighted by Gasteiger charge is -2.16. The Balaban J connectivity index is 2.25. The highest BCUT2D eigenvalue weighted by atomic mass is 31.2. The lowest BCUT2D eigenvalue weighted by atomic mass is 10.1. The number of carbonyl (C=O) groups excluding carboxylic acids is 2. The zero-order chi connectivity index (χ0) is 16.6. The van der Waals surface area contributed by atoms with Crippen LogP contribution in [0.15, 0.2) is 0 Å². The van der Waals surface area contributed by atoms with Crippen LogP contribution in [-0.4, -0.2) is 52.9 Å². The third-order valence-corrected chi connectivity index (χ3v) is 3.93. The van der Waals surface area contributed by atoms with E-state index in [9.17, 15) is 14.2 Å². The predicted molar refractivity (Wildman–Crippen MR) is 77.8 cm³/mol. The van der Waals surface area contributed by atoms with Gasteiger partial charge in [-0.1, -0.05) is 26.2 Å². The van der Waals surface area contributed by atoms with Crippen molar-refractivity contribution in [2.45, 2.75) is 39.0 Å². The van der Waals surface area contributed by atoms with Crippen molar-refractivity contribution in [3.8, 4) is 0 Å². The van der Waals surface area contributed by atoms with Gasteiger partial charge in [-0.25, -0.2) is 4.57 Å². The monoisotopic (exact) mass is 337 g/mol. The quantitative estimate of drug-likeness (QED) is 0.348. The summed E-state index contributed by atoms with van der Waals surface area (Å²) in [6.45, 7) is 2.45. The normalized spacial score (nSPS) is 18.8. The van der Waals surface area contributed by atoms with Gasteiger partial charge in [0.05, 0.1) is 19.1 Å². The third-order valence-electron chi connectivity index (χ3n) is 3.41. The molecule has 1 amide bonds. The standard InChI is InChI=1S/C13H24NO7P/c1-2-3-4-5-7-20-13(16)11-9-12(15)14(10-11)6-8-21-22(17,18)19/h11H,2-10H2,1H3,(H2,17,18,19). The van der Waals surface area contributed by atoms with E-state index < -0.39 is 13.7 Å². The molecule has 0 bridgehead atoms. The summed E-state index contributed by atoms with van der Waals surface area (Å²) >= 11 is 0. The molecule has 8 nitrogen and oxygen atoms in total. The third kappa shape index (κ3) is 7.35. The summed E-state index contributed by atoms with van der Waals surface area (Å²) in [7, 11) is -4.53. The maximum absolute atomic E-state index is 11.8. The van der Waals surface area contributed by atoms with Gasteiger partial charge in [0.25, 0.3) is 0 Å². The maximum Gasteiger partial charge on any atom is 0.469 e. The van der Waals surface area contributed by atoms with E-state index in [0.29, 0.717) is 6.61 Å². The number of amides is 1. The van der Waals surface area contributed by atoms with Gasteiger partial charge < -0.3 is 19.4 Å². The molecule has 1 unspecified atom stereocenters. The van der Waals surface area contributed by atoms with E-state index in [4.69, 9.17) is 14.5 Å². The summed E-state index contributed by atoms with van der Waals surface area (Å²) < 4.78 is 20.0. The molecular formula is C13H24NO7P. The Bertz CT molecular complexity index is 423. The molecule has 0 aromatic carbocycles. The number of rotatable bonds is 10. The van der Waals surface area contributed by atoms with E-state index in [1.54, 1.807) is 0 Å².